The van der Waals surface area contributed by atoms with Crippen molar-refractivity contribution in [3.05, 3.63) is 0 Å². The van der Waals surface area contributed by atoms with E-state index in [9.17, 15) is 8.42 Å². The van der Waals surface area contributed by atoms with Gasteiger partial charge in [-0.1, -0.05) is 6.92 Å². The van der Waals surface area contributed by atoms with Crippen molar-refractivity contribution < 1.29 is 8.42 Å². The van der Waals surface area contributed by atoms with Crippen molar-refractivity contribution in [1.29, 1.82) is 0 Å². The van der Waals surface area contributed by atoms with E-state index in [-0.39, 0.29) is 11.3 Å². The Morgan fingerprint density at radius 1 is 1.41 bits per heavy atom. The zero-order valence-corrected chi connectivity index (χ0v) is 12.6. The minimum atomic E-state index is -3.12. The Hall–Kier alpha value is 0.220. The Bertz CT molecular complexity index is 313. The van der Waals surface area contributed by atoms with E-state index in [1.165, 1.54) is 0 Å². The molecule has 6 heteroatoms. The van der Waals surface area contributed by atoms with E-state index in [2.05, 4.69) is 12.2 Å². The summed E-state index contributed by atoms with van der Waals surface area (Å²) in [6, 6.07) is 0.130. The first-order valence-corrected chi connectivity index (χ1v) is 9.10. The van der Waals surface area contributed by atoms with Crippen LogP contribution in [0.2, 0.25) is 0 Å². The lowest BCUT2D eigenvalue weighted by Gasteiger charge is -2.32. The third-order valence-corrected chi connectivity index (χ3v) is 6.59. The monoisotopic (exact) mass is 280 g/mol. The number of nitrogens with one attached hydrogen (secondary N) is 1. The Morgan fingerprint density at radius 3 is 2.47 bits per heavy atom. The summed E-state index contributed by atoms with van der Waals surface area (Å²) < 4.78 is 26.5. The molecule has 17 heavy (non-hydrogen) atoms. The molecule has 0 amide bonds. The van der Waals surface area contributed by atoms with E-state index >= 15 is 0 Å². The van der Waals surface area contributed by atoms with E-state index < -0.39 is 10.0 Å². The van der Waals surface area contributed by atoms with Gasteiger partial charge in [-0.25, -0.2) is 12.7 Å². The topological polar surface area (TPSA) is 49.4 Å². The maximum Gasteiger partial charge on any atom is 0.217 e. The van der Waals surface area contributed by atoms with Gasteiger partial charge in [-0.05, 0) is 38.6 Å². The number of sulfonamides is 1. The normalized spacial score (nSPS) is 20.7. The molecule has 102 valence electrons. The lowest BCUT2D eigenvalue weighted by Crippen LogP contribution is -2.46. The Labute approximate surface area is 110 Å². The molecule has 1 rings (SSSR count). The molecule has 1 N–H and O–H groups in total. The maximum atomic E-state index is 12.4. The zero-order valence-electron chi connectivity index (χ0n) is 11.0. The van der Waals surface area contributed by atoms with Crippen LogP contribution >= 0.6 is 11.8 Å². The first-order chi connectivity index (χ1) is 8.04. The van der Waals surface area contributed by atoms with Gasteiger partial charge in [0.1, 0.15) is 0 Å². The lowest BCUT2D eigenvalue weighted by atomic mass is 10.2. The van der Waals surface area contributed by atoms with Gasteiger partial charge in [0.15, 0.2) is 0 Å². The van der Waals surface area contributed by atoms with Crippen LogP contribution in [0, 0.1) is 0 Å². The molecule has 0 aromatic carbocycles. The third kappa shape index (κ3) is 3.84. The SMILES string of the molecule is CCC(CSC)N(C)S(=O)(=O)C1CCNCC1. The molecule has 1 aliphatic rings. The highest BCUT2D eigenvalue weighted by Gasteiger charge is 2.33. The molecule has 1 aliphatic heterocycles. The summed E-state index contributed by atoms with van der Waals surface area (Å²) in [6.45, 7) is 3.68. The predicted molar refractivity (Wildman–Crippen MR) is 75.0 cm³/mol. The fraction of sp³-hybridized carbons (Fsp3) is 1.00. The molecule has 4 nitrogen and oxygen atoms in total. The van der Waals surface area contributed by atoms with Gasteiger partial charge in [0.25, 0.3) is 0 Å². The summed E-state index contributed by atoms with van der Waals surface area (Å²) >= 11 is 1.71. The van der Waals surface area contributed by atoms with Gasteiger partial charge in [0, 0.05) is 18.8 Å². The highest BCUT2D eigenvalue weighted by Crippen LogP contribution is 2.21. The number of rotatable bonds is 6. The first kappa shape index (κ1) is 15.3. The van der Waals surface area contributed by atoms with Crippen molar-refractivity contribution >= 4 is 21.8 Å². The summed E-state index contributed by atoms with van der Waals surface area (Å²) in [5.74, 6) is 0.872. The van der Waals surface area contributed by atoms with E-state index in [1.54, 1.807) is 23.1 Å². The quantitative estimate of drug-likeness (QED) is 0.793. The average molecular weight is 280 g/mol. The van der Waals surface area contributed by atoms with Gasteiger partial charge in [0.2, 0.25) is 10.0 Å². The highest BCUT2D eigenvalue weighted by molar-refractivity contribution is 7.98. The van der Waals surface area contributed by atoms with Gasteiger partial charge in [-0.3, -0.25) is 0 Å². The summed E-state index contributed by atoms with van der Waals surface area (Å²) in [7, 11) is -1.38. The number of thioether (sulfide) groups is 1. The second kappa shape index (κ2) is 6.97. The van der Waals surface area contributed by atoms with Crippen LogP contribution in [0.3, 0.4) is 0 Å². The van der Waals surface area contributed by atoms with E-state index in [1.807, 2.05) is 6.26 Å². The van der Waals surface area contributed by atoms with Crippen LogP contribution in [0.1, 0.15) is 26.2 Å². The van der Waals surface area contributed by atoms with Crippen LogP contribution in [-0.4, -0.2) is 56.2 Å². The van der Waals surface area contributed by atoms with Crippen molar-refractivity contribution in [2.75, 3.05) is 32.1 Å². The van der Waals surface area contributed by atoms with E-state index in [0.717, 1.165) is 38.1 Å². The molecule has 0 spiro atoms. The largest absolute Gasteiger partial charge is 0.317 e. The molecular weight excluding hydrogens is 256 g/mol. The van der Waals surface area contributed by atoms with Gasteiger partial charge < -0.3 is 5.32 Å². The maximum absolute atomic E-state index is 12.4. The van der Waals surface area contributed by atoms with Crippen LogP contribution in [0.25, 0.3) is 0 Å². The average Bonchev–Trinajstić information content (AvgIpc) is 2.36. The minimum Gasteiger partial charge on any atom is -0.317 e. The molecule has 0 aliphatic carbocycles. The van der Waals surface area contributed by atoms with Crippen molar-refractivity contribution in [1.82, 2.24) is 9.62 Å². The number of nitrogens with zero attached hydrogens (tertiary/aromatic N) is 1. The molecule has 1 heterocycles. The number of hydrogen-bond acceptors (Lipinski definition) is 4. The standard InChI is InChI=1S/C11H24N2O2S2/c1-4-10(9-16-3)13(2)17(14,15)11-5-7-12-8-6-11/h10-12H,4-9H2,1-3H3. The lowest BCUT2D eigenvalue weighted by molar-refractivity contribution is 0.369. The van der Waals surface area contributed by atoms with Crippen LogP contribution in [-0.2, 0) is 10.0 Å². The second-order valence-electron chi connectivity index (χ2n) is 4.53. The summed E-state index contributed by atoms with van der Waals surface area (Å²) in [5, 5.41) is 3.02. The molecule has 0 radical (unpaired) electrons. The van der Waals surface area contributed by atoms with Crippen molar-refractivity contribution in [3.63, 3.8) is 0 Å². The zero-order chi connectivity index (χ0) is 12.9. The fourth-order valence-corrected chi connectivity index (χ4v) is 5.09. The summed E-state index contributed by atoms with van der Waals surface area (Å²) in [5.41, 5.74) is 0. The van der Waals surface area contributed by atoms with Crippen LogP contribution in [0.4, 0.5) is 0 Å². The molecule has 1 unspecified atom stereocenters. The smallest absolute Gasteiger partial charge is 0.217 e. The summed E-state index contributed by atoms with van der Waals surface area (Å²) in [6.07, 6.45) is 4.37. The molecule has 0 aromatic heterocycles. The molecule has 0 saturated carbocycles. The molecular formula is C11H24N2O2S2. The Morgan fingerprint density at radius 2 is 2.00 bits per heavy atom. The van der Waals surface area contributed by atoms with E-state index in [4.69, 9.17) is 0 Å². The number of piperidine rings is 1. The van der Waals surface area contributed by atoms with Crippen LogP contribution in [0.5, 0.6) is 0 Å². The third-order valence-electron chi connectivity index (χ3n) is 3.45. The molecule has 1 atom stereocenters. The summed E-state index contributed by atoms with van der Waals surface area (Å²) in [4.78, 5) is 0. The molecule has 0 aromatic rings. The van der Waals surface area contributed by atoms with Gasteiger partial charge in [0.05, 0.1) is 5.25 Å². The predicted octanol–water partition coefficient (Wildman–Crippen LogP) is 1.14. The van der Waals surface area contributed by atoms with Crippen LogP contribution in [0.15, 0.2) is 0 Å². The fourth-order valence-electron chi connectivity index (χ4n) is 2.21. The second-order valence-corrected chi connectivity index (χ2v) is 7.71. The van der Waals surface area contributed by atoms with Crippen molar-refractivity contribution in [3.8, 4) is 0 Å². The van der Waals surface area contributed by atoms with Crippen molar-refractivity contribution in [2.24, 2.45) is 0 Å². The Balaban J connectivity index is 2.73. The minimum absolute atomic E-state index is 0.130. The molecule has 1 saturated heterocycles. The molecule has 1 fully saturated rings. The van der Waals surface area contributed by atoms with E-state index in [0.29, 0.717) is 0 Å². The van der Waals surface area contributed by atoms with Gasteiger partial charge >= 0.3 is 0 Å². The van der Waals surface area contributed by atoms with Gasteiger partial charge in [-0.2, -0.15) is 11.8 Å². The van der Waals surface area contributed by atoms with Crippen molar-refractivity contribution in [2.45, 2.75) is 37.5 Å². The first-order valence-electron chi connectivity index (χ1n) is 6.20. The molecule has 0 bridgehead atoms. The van der Waals surface area contributed by atoms with Crippen LogP contribution < -0.4 is 5.32 Å². The number of hydrogen-bond donors (Lipinski definition) is 1. The van der Waals surface area contributed by atoms with Gasteiger partial charge in [-0.15, -0.1) is 0 Å². The highest BCUT2D eigenvalue weighted by atomic mass is 32.2. The Kier molecular flexibility index (Phi) is 6.26.